The molecule has 0 atom stereocenters. The topological polar surface area (TPSA) is 55.4 Å². The first-order chi connectivity index (χ1) is 10.0. The van der Waals surface area contributed by atoms with E-state index >= 15 is 0 Å². The van der Waals surface area contributed by atoms with Crippen LogP contribution in [0.2, 0.25) is 0 Å². The first kappa shape index (κ1) is 12.9. The molecular formula is C17H19NO3. The minimum atomic E-state index is -0.354. The van der Waals surface area contributed by atoms with E-state index < -0.39 is 0 Å². The van der Waals surface area contributed by atoms with Crippen molar-refractivity contribution < 1.29 is 14.3 Å². The Bertz CT molecular complexity index is 658. The summed E-state index contributed by atoms with van der Waals surface area (Å²) >= 11 is 0. The van der Waals surface area contributed by atoms with Crippen molar-refractivity contribution in [2.45, 2.75) is 32.6 Å². The summed E-state index contributed by atoms with van der Waals surface area (Å²) in [6.07, 6.45) is 7.26. The largest absolute Gasteiger partial charge is 0.469 e. The molecule has 1 N–H and O–H groups in total. The number of carbonyl (C=O) groups excluding carboxylic acids is 2. The van der Waals surface area contributed by atoms with Gasteiger partial charge in [-0.05, 0) is 43.8 Å². The first-order valence-corrected chi connectivity index (χ1v) is 7.45. The highest BCUT2D eigenvalue weighted by molar-refractivity contribution is 5.98. The molecule has 110 valence electrons. The molecule has 0 unspecified atom stereocenters. The summed E-state index contributed by atoms with van der Waals surface area (Å²) in [6, 6.07) is 0. The molecule has 1 amide bonds. The number of rotatable bonds is 3. The third-order valence-corrected chi connectivity index (χ3v) is 5.91. The van der Waals surface area contributed by atoms with Crippen molar-refractivity contribution in [3.8, 4) is 0 Å². The molecule has 0 aromatic carbocycles. The van der Waals surface area contributed by atoms with Gasteiger partial charge < -0.3 is 10.1 Å². The quantitative estimate of drug-likeness (QED) is 0.809. The monoisotopic (exact) mass is 285 g/mol. The SMILES string of the molecule is C=C/C(=C1\C(=C/C)NC(=O)C12CC2)C12CC1(C(=O)OC)C2. The molecule has 21 heavy (non-hydrogen) atoms. The molecule has 4 aliphatic rings. The summed E-state index contributed by atoms with van der Waals surface area (Å²) in [5.74, 6) is -0.0158. The van der Waals surface area contributed by atoms with E-state index in [0.717, 1.165) is 42.5 Å². The van der Waals surface area contributed by atoms with Crippen molar-refractivity contribution >= 4 is 11.9 Å². The minimum Gasteiger partial charge on any atom is -0.469 e. The number of esters is 1. The molecule has 1 saturated heterocycles. The van der Waals surface area contributed by atoms with E-state index in [0.29, 0.717) is 0 Å². The summed E-state index contributed by atoms with van der Waals surface area (Å²) in [5, 5.41) is 3.00. The van der Waals surface area contributed by atoms with Crippen LogP contribution in [0.3, 0.4) is 0 Å². The Balaban J connectivity index is 1.83. The predicted molar refractivity (Wildman–Crippen MR) is 76.9 cm³/mol. The number of allylic oxidation sites excluding steroid dienone is 4. The van der Waals surface area contributed by atoms with Gasteiger partial charge in [0, 0.05) is 11.1 Å². The van der Waals surface area contributed by atoms with Crippen molar-refractivity contribution in [1.29, 1.82) is 0 Å². The lowest BCUT2D eigenvalue weighted by molar-refractivity contribution is -0.144. The molecule has 1 spiro atoms. The smallest absolute Gasteiger partial charge is 0.312 e. The van der Waals surface area contributed by atoms with E-state index in [1.807, 2.05) is 19.1 Å². The second-order valence-corrected chi connectivity index (χ2v) is 6.74. The van der Waals surface area contributed by atoms with Crippen molar-refractivity contribution in [2.24, 2.45) is 16.2 Å². The van der Waals surface area contributed by atoms with Gasteiger partial charge in [0.15, 0.2) is 0 Å². The van der Waals surface area contributed by atoms with Crippen LogP contribution in [0.15, 0.2) is 35.6 Å². The fourth-order valence-corrected chi connectivity index (χ4v) is 4.31. The van der Waals surface area contributed by atoms with E-state index in [1.165, 1.54) is 7.11 Å². The van der Waals surface area contributed by atoms with Crippen LogP contribution in [-0.4, -0.2) is 19.0 Å². The number of hydrogen-bond acceptors (Lipinski definition) is 3. The van der Waals surface area contributed by atoms with Gasteiger partial charge in [0.1, 0.15) is 0 Å². The maximum Gasteiger partial charge on any atom is 0.312 e. The van der Waals surface area contributed by atoms with Crippen molar-refractivity contribution in [1.82, 2.24) is 5.32 Å². The third kappa shape index (κ3) is 1.23. The average Bonchev–Trinajstić information content (AvgIpc) is 3.34. The number of fused-ring (bicyclic) bond motifs is 1. The molecule has 0 aromatic rings. The van der Waals surface area contributed by atoms with Crippen molar-refractivity contribution in [2.75, 3.05) is 7.11 Å². The van der Waals surface area contributed by atoms with Crippen LogP contribution >= 0.6 is 0 Å². The zero-order chi connectivity index (χ0) is 15.0. The zero-order valence-electron chi connectivity index (χ0n) is 12.4. The second-order valence-electron chi connectivity index (χ2n) is 6.74. The zero-order valence-corrected chi connectivity index (χ0v) is 12.4. The summed E-state index contributed by atoms with van der Waals surface area (Å²) in [6.45, 7) is 5.90. The van der Waals surface area contributed by atoms with E-state index in [9.17, 15) is 9.59 Å². The number of hydrogen-bond donors (Lipinski definition) is 1. The Morgan fingerprint density at radius 2 is 2.00 bits per heavy atom. The fraction of sp³-hybridized carbons (Fsp3) is 0.529. The molecule has 0 radical (unpaired) electrons. The molecular weight excluding hydrogens is 266 g/mol. The second kappa shape index (κ2) is 3.49. The highest BCUT2D eigenvalue weighted by Crippen LogP contribution is 2.90. The summed E-state index contributed by atoms with van der Waals surface area (Å²) < 4.78 is 4.95. The average molecular weight is 285 g/mol. The Hall–Kier alpha value is -1.84. The van der Waals surface area contributed by atoms with Gasteiger partial charge >= 0.3 is 5.97 Å². The van der Waals surface area contributed by atoms with Crippen molar-refractivity contribution in [3.05, 3.63) is 35.6 Å². The summed E-state index contributed by atoms with van der Waals surface area (Å²) in [7, 11) is 1.44. The number of nitrogens with one attached hydrogen (secondary N) is 1. The lowest BCUT2D eigenvalue weighted by Gasteiger charge is -2.14. The highest BCUT2D eigenvalue weighted by Gasteiger charge is 2.89. The van der Waals surface area contributed by atoms with Crippen LogP contribution in [-0.2, 0) is 14.3 Å². The molecule has 4 fully saturated rings. The summed E-state index contributed by atoms with van der Waals surface area (Å²) in [5.41, 5.74) is 2.28. The van der Waals surface area contributed by atoms with E-state index in [2.05, 4.69) is 11.9 Å². The highest BCUT2D eigenvalue weighted by atomic mass is 16.5. The Morgan fingerprint density at radius 1 is 1.33 bits per heavy atom. The molecule has 0 aromatic heterocycles. The molecule has 1 heterocycles. The molecule has 3 saturated carbocycles. The molecule has 4 nitrogen and oxygen atoms in total. The van der Waals surface area contributed by atoms with Gasteiger partial charge in [-0.3, -0.25) is 9.59 Å². The Labute approximate surface area is 123 Å². The molecule has 1 aliphatic heterocycles. The van der Waals surface area contributed by atoms with Gasteiger partial charge in [-0.15, -0.1) is 0 Å². The maximum atomic E-state index is 12.3. The van der Waals surface area contributed by atoms with Gasteiger partial charge in [-0.25, -0.2) is 0 Å². The summed E-state index contributed by atoms with van der Waals surface area (Å²) in [4.78, 5) is 24.3. The Morgan fingerprint density at radius 3 is 2.48 bits per heavy atom. The van der Waals surface area contributed by atoms with Crippen molar-refractivity contribution in [3.63, 3.8) is 0 Å². The fourth-order valence-electron chi connectivity index (χ4n) is 4.31. The van der Waals surface area contributed by atoms with Gasteiger partial charge in [0.05, 0.1) is 17.9 Å². The molecule has 4 heteroatoms. The van der Waals surface area contributed by atoms with Gasteiger partial charge in [0.2, 0.25) is 5.91 Å². The molecule has 4 rings (SSSR count). The van der Waals surface area contributed by atoms with Gasteiger partial charge in [-0.1, -0.05) is 18.7 Å². The van der Waals surface area contributed by atoms with Crippen LogP contribution in [0.4, 0.5) is 0 Å². The number of carbonyl (C=O) groups is 2. The lowest BCUT2D eigenvalue weighted by Crippen LogP contribution is -2.19. The standard InChI is InChI=1S/C17H19NO3/c1-4-10(16-8-17(16,9-16)14(20)21-3)12-11(5-2)18-13(19)15(12)6-7-15/h4-5H,1,6-9H2,2-3H3,(H,18,19)/b11-5+,12-10-. The van der Waals surface area contributed by atoms with Crippen LogP contribution in [0.5, 0.6) is 0 Å². The van der Waals surface area contributed by atoms with E-state index in [1.54, 1.807) is 0 Å². The molecule has 3 aliphatic carbocycles. The van der Waals surface area contributed by atoms with Crippen LogP contribution in [0.25, 0.3) is 0 Å². The third-order valence-electron chi connectivity index (χ3n) is 5.91. The first-order valence-electron chi connectivity index (χ1n) is 7.45. The van der Waals surface area contributed by atoms with Gasteiger partial charge in [0.25, 0.3) is 0 Å². The molecule has 0 bridgehead atoms. The normalized spacial score (nSPS) is 41.4. The van der Waals surface area contributed by atoms with E-state index in [-0.39, 0.29) is 28.1 Å². The van der Waals surface area contributed by atoms with Crippen LogP contribution in [0.1, 0.15) is 32.6 Å². The lowest BCUT2D eigenvalue weighted by atomic mass is 9.87. The predicted octanol–water partition coefficient (Wildman–Crippen LogP) is 2.24. The maximum absolute atomic E-state index is 12.3. The number of methoxy groups -OCH3 is 1. The van der Waals surface area contributed by atoms with E-state index in [4.69, 9.17) is 4.74 Å². The van der Waals surface area contributed by atoms with Gasteiger partial charge in [-0.2, -0.15) is 0 Å². The number of amides is 1. The number of ether oxygens (including phenoxy) is 1. The van der Waals surface area contributed by atoms with Crippen LogP contribution in [0, 0.1) is 16.2 Å². The van der Waals surface area contributed by atoms with Crippen LogP contribution < -0.4 is 5.32 Å². The Kier molecular flexibility index (Phi) is 2.14. The minimum absolute atomic E-state index is 0.103.